The summed E-state index contributed by atoms with van der Waals surface area (Å²) in [5.74, 6) is 1.45. The van der Waals surface area contributed by atoms with E-state index >= 15 is 0 Å². The van der Waals surface area contributed by atoms with E-state index in [0.717, 1.165) is 36.7 Å². The van der Waals surface area contributed by atoms with Crippen LogP contribution < -0.4 is 20.1 Å². The molecule has 1 atom stereocenters. The van der Waals surface area contributed by atoms with Gasteiger partial charge in [-0.3, -0.25) is 4.79 Å². The van der Waals surface area contributed by atoms with Crippen LogP contribution in [0.25, 0.3) is 0 Å². The fraction of sp³-hybridized carbons (Fsp3) is 0.588. The van der Waals surface area contributed by atoms with Crippen molar-refractivity contribution < 1.29 is 19.0 Å². The van der Waals surface area contributed by atoms with Crippen molar-refractivity contribution >= 4 is 11.6 Å². The van der Waals surface area contributed by atoms with Gasteiger partial charge in [-0.15, -0.1) is 0 Å². The number of hydrogen-bond acceptors (Lipinski definition) is 6. The van der Waals surface area contributed by atoms with Gasteiger partial charge in [-0.1, -0.05) is 0 Å². The minimum Gasteiger partial charge on any atom is -0.497 e. The Hall–Kier alpha value is -1.99. The summed E-state index contributed by atoms with van der Waals surface area (Å²) in [6.07, 6.45) is 0.880. The first-order chi connectivity index (χ1) is 11.6. The van der Waals surface area contributed by atoms with Crippen molar-refractivity contribution in [2.75, 3.05) is 59.0 Å². The second kappa shape index (κ2) is 8.75. The number of carbonyl (C=O) groups excluding carboxylic acids is 1. The Bertz CT molecular complexity index is 530. The third-order valence-corrected chi connectivity index (χ3v) is 4.17. The number of anilines is 1. The van der Waals surface area contributed by atoms with Gasteiger partial charge in [-0.05, 0) is 6.42 Å². The lowest BCUT2D eigenvalue weighted by Crippen LogP contribution is -2.47. The van der Waals surface area contributed by atoms with Gasteiger partial charge in [-0.25, -0.2) is 0 Å². The summed E-state index contributed by atoms with van der Waals surface area (Å²) in [4.78, 5) is 16.4. The smallest absolute Gasteiger partial charge is 0.241 e. The Morgan fingerprint density at radius 1 is 1.08 bits per heavy atom. The van der Waals surface area contributed by atoms with Crippen LogP contribution >= 0.6 is 0 Å². The summed E-state index contributed by atoms with van der Waals surface area (Å²) in [6, 6.07) is 5.22. The Morgan fingerprint density at radius 2 is 1.75 bits per heavy atom. The Labute approximate surface area is 143 Å². The van der Waals surface area contributed by atoms with Gasteiger partial charge in [0.05, 0.1) is 20.8 Å². The van der Waals surface area contributed by atoms with E-state index in [1.165, 1.54) is 0 Å². The lowest BCUT2D eigenvalue weighted by molar-refractivity contribution is -0.133. The molecule has 1 fully saturated rings. The number of hydrogen-bond donors (Lipinski definition) is 1. The summed E-state index contributed by atoms with van der Waals surface area (Å²) >= 11 is 0. The molecule has 0 aromatic heterocycles. The Kier molecular flexibility index (Phi) is 6.69. The van der Waals surface area contributed by atoms with Crippen molar-refractivity contribution in [2.45, 2.75) is 12.5 Å². The zero-order valence-electron chi connectivity index (χ0n) is 14.7. The number of nitrogens with zero attached hydrogens (tertiary/aromatic N) is 2. The Balaban J connectivity index is 2.06. The van der Waals surface area contributed by atoms with E-state index in [-0.39, 0.29) is 12.5 Å². The second-order valence-corrected chi connectivity index (χ2v) is 5.80. The highest BCUT2D eigenvalue weighted by atomic mass is 16.5. The molecule has 1 aromatic carbocycles. The molecule has 7 nitrogen and oxygen atoms in total. The van der Waals surface area contributed by atoms with Gasteiger partial charge < -0.3 is 29.7 Å². The molecule has 0 radical (unpaired) electrons. The predicted octanol–water partition coefficient (Wildman–Crippen LogP) is 0.716. The average Bonchev–Trinajstić information content (AvgIpc) is 2.86. The summed E-state index contributed by atoms with van der Waals surface area (Å²) in [5, 5.41) is 0. The van der Waals surface area contributed by atoms with Gasteiger partial charge in [0.1, 0.15) is 17.5 Å². The standard InChI is InChI=1S/C17H27N3O4/c1-22-12-16(18)17(21)20-6-4-5-19(7-8-20)13-9-14(23-2)11-15(10-13)24-3/h9-11,16H,4-8,12,18H2,1-3H3. The third-order valence-electron chi connectivity index (χ3n) is 4.17. The van der Waals surface area contributed by atoms with E-state index in [0.29, 0.717) is 13.1 Å². The lowest BCUT2D eigenvalue weighted by atomic mass is 10.2. The van der Waals surface area contributed by atoms with Gasteiger partial charge >= 0.3 is 0 Å². The second-order valence-electron chi connectivity index (χ2n) is 5.80. The van der Waals surface area contributed by atoms with Crippen LogP contribution in [0.4, 0.5) is 5.69 Å². The van der Waals surface area contributed by atoms with E-state index in [1.807, 2.05) is 23.1 Å². The first-order valence-corrected chi connectivity index (χ1v) is 8.10. The zero-order valence-corrected chi connectivity index (χ0v) is 14.7. The molecule has 0 spiro atoms. The van der Waals surface area contributed by atoms with E-state index in [4.69, 9.17) is 19.9 Å². The highest BCUT2D eigenvalue weighted by Crippen LogP contribution is 2.29. The molecule has 24 heavy (non-hydrogen) atoms. The maximum absolute atomic E-state index is 12.3. The van der Waals surface area contributed by atoms with Crippen LogP contribution in [-0.2, 0) is 9.53 Å². The van der Waals surface area contributed by atoms with E-state index < -0.39 is 6.04 Å². The van der Waals surface area contributed by atoms with Crippen molar-refractivity contribution in [3.8, 4) is 11.5 Å². The summed E-state index contributed by atoms with van der Waals surface area (Å²) in [5.41, 5.74) is 6.90. The monoisotopic (exact) mass is 337 g/mol. The van der Waals surface area contributed by atoms with Crippen molar-refractivity contribution in [1.82, 2.24) is 4.90 Å². The fourth-order valence-electron chi connectivity index (χ4n) is 2.86. The quantitative estimate of drug-likeness (QED) is 0.824. The van der Waals surface area contributed by atoms with Gasteiger partial charge in [0.15, 0.2) is 0 Å². The van der Waals surface area contributed by atoms with Gasteiger partial charge in [0, 0.05) is 57.2 Å². The molecule has 0 saturated carbocycles. The van der Waals surface area contributed by atoms with E-state index in [9.17, 15) is 4.79 Å². The average molecular weight is 337 g/mol. The molecule has 2 rings (SSSR count). The van der Waals surface area contributed by atoms with Crippen LogP contribution in [0.5, 0.6) is 11.5 Å². The molecule has 1 amide bonds. The number of amides is 1. The zero-order chi connectivity index (χ0) is 17.5. The molecule has 0 bridgehead atoms. The van der Waals surface area contributed by atoms with Gasteiger partial charge in [0.2, 0.25) is 5.91 Å². The van der Waals surface area contributed by atoms with Crippen LogP contribution in [0.2, 0.25) is 0 Å². The highest BCUT2D eigenvalue weighted by Gasteiger charge is 2.24. The number of nitrogens with two attached hydrogens (primary N) is 1. The number of methoxy groups -OCH3 is 3. The molecule has 134 valence electrons. The summed E-state index contributed by atoms with van der Waals surface area (Å²) in [7, 11) is 4.82. The fourth-order valence-corrected chi connectivity index (χ4v) is 2.86. The van der Waals surface area contributed by atoms with Crippen LogP contribution in [0.3, 0.4) is 0 Å². The largest absolute Gasteiger partial charge is 0.497 e. The molecule has 7 heteroatoms. The SMILES string of the molecule is COCC(N)C(=O)N1CCCN(c2cc(OC)cc(OC)c2)CC1. The Morgan fingerprint density at radius 3 is 2.33 bits per heavy atom. The predicted molar refractivity (Wildman–Crippen MR) is 92.8 cm³/mol. The highest BCUT2D eigenvalue weighted by molar-refractivity contribution is 5.82. The number of carbonyl (C=O) groups is 1. The molecular formula is C17H27N3O4. The first kappa shape index (κ1) is 18.4. The van der Waals surface area contributed by atoms with Crippen molar-refractivity contribution in [3.63, 3.8) is 0 Å². The van der Waals surface area contributed by atoms with E-state index in [2.05, 4.69) is 4.90 Å². The van der Waals surface area contributed by atoms with Crippen molar-refractivity contribution in [1.29, 1.82) is 0 Å². The summed E-state index contributed by atoms with van der Waals surface area (Å²) < 4.78 is 15.6. The van der Waals surface area contributed by atoms with Gasteiger partial charge in [0.25, 0.3) is 0 Å². The topological polar surface area (TPSA) is 77.3 Å². The minimum absolute atomic E-state index is 0.0538. The van der Waals surface area contributed by atoms with Crippen LogP contribution in [0.1, 0.15) is 6.42 Å². The van der Waals surface area contributed by atoms with Crippen LogP contribution in [0, 0.1) is 0 Å². The molecule has 1 aromatic rings. The molecule has 1 heterocycles. The third kappa shape index (κ3) is 4.52. The lowest BCUT2D eigenvalue weighted by Gasteiger charge is -2.25. The summed E-state index contributed by atoms with van der Waals surface area (Å²) in [6.45, 7) is 3.18. The van der Waals surface area contributed by atoms with Crippen LogP contribution in [0.15, 0.2) is 18.2 Å². The van der Waals surface area contributed by atoms with Crippen LogP contribution in [-0.4, -0.2) is 71.0 Å². The number of rotatable bonds is 6. The van der Waals surface area contributed by atoms with E-state index in [1.54, 1.807) is 21.3 Å². The molecule has 0 aliphatic carbocycles. The maximum atomic E-state index is 12.3. The van der Waals surface area contributed by atoms with Gasteiger partial charge in [-0.2, -0.15) is 0 Å². The molecule has 1 unspecified atom stereocenters. The normalized spacial score (nSPS) is 16.5. The molecule has 1 saturated heterocycles. The number of benzene rings is 1. The molecule has 1 aliphatic rings. The van der Waals surface area contributed by atoms with Crippen molar-refractivity contribution in [2.24, 2.45) is 5.73 Å². The maximum Gasteiger partial charge on any atom is 0.241 e. The molecule has 1 aliphatic heterocycles. The van der Waals surface area contributed by atoms with Crippen molar-refractivity contribution in [3.05, 3.63) is 18.2 Å². The molecule has 2 N–H and O–H groups in total. The molecular weight excluding hydrogens is 310 g/mol. The first-order valence-electron chi connectivity index (χ1n) is 8.10. The minimum atomic E-state index is -0.599. The number of ether oxygens (including phenoxy) is 3.